The fraction of sp³-hybridized carbons (Fsp3) is 0.522. The molecule has 1 atom stereocenters. The fourth-order valence-electron chi connectivity index (χ4n) is 4.70. The average Bonchev–Trinajstić information content (AvgIpc) is 3.35. The van der Waals surface area contributed by atoms with Crippen molar-refractivity contribution in [3.05, 3.63) is 53.6 Å². The summed E-state index contributed by atoms with van der Waals surface area (Å²) >= 11 is 0. The number of nitrogens with zero attached hydrogens (tertiary/aromatic N) is 4. The summed E-state index contributed by atoms with van der Waals surface area (Å²) in [6.45, 7) is 8.30. The van der Waals surface area contributed by atoms with Crippen molar-refractivity contribution in [2.45, 2.75) is 64.6 Å². The molecule has 0 bridgehead atoms. The van der Waals surface area contributed by atoms with Crippen LogP contribution in [0, 0.1) is 0 Å². The minimum Gasteiger partial charge on any atom is -0.341 e. The summed E-state index contributed by atoms with van der Waals surface area (Å²) in [6.07, 6.45) is 6.38. The lowest BCUT2D eigenvalue weighted by atomic mass is 9.95. The summed E-state index contributed by atoms with van der Waals surface area (Å²) in [4.78, 5) is 34.4. The number of carbonyl (C=O) groups is 2. The molecule has 2 aliphatic rings. The summed E-state index contributed by atoms with van der Waals surface area (Å²) in [5.74, 6) is 1.58. The normalized spacial score (nSPS) is 18.4. The molecule has 154 valence electrons. The lowest BCUT2D eigenvalue weighted by Crippen LogP contribution is -2.50. The number of carbonyl (C=O) groups excluding carboxylic acids is 2. The predicted molar refractivity (Wildman–Crippen MR) is 112 cm³/mol. The van der Waals surface area contributed by atoms with Crippen LogP contribution in [-0.2, 0) is 11.3 Å². The van der Waals surface area contributed by atoms with E-state index >= 15 is 0 Å². The van der Waals surface area contributed by atoms with Crippen LogP contribution in [0.3, 0.4) is 0 Å². The molecule has 29 heavy (non-hydrogen) atoms. The van der Waals surface area contributed by atoms with E-state index in [0.29, 0.717) is 24.9 Å². The van der Waals surface area contributed by atoms with Crippen molar-refractivity contribution in [1.29, 1.82) is 0 Å². The van der Waals surface area contributed by atoms with Gasteiger partial charge < -0.3 is 14.4 Å². The zero-order chi connectivity index (χ0) is 20.5. The molecule has 0 saturated carbocycles. The van der Waals surface area contributed by atoms with Crippen LogP contribution >= 0.6 is 0 Å². The molecule has 6 heteroatoms. The highest BCUT2D eigenvalue weighted by molar-refractivity contribution is 6.01. The first kappa shape index (κ1) is 19.7. The Hall–Kier alpha value is -2.63. The summed E-state index contributed by atoms with van der Waals surface area (Å²) in [7, 11) is 0. The number of benzene rings is 1. The summed E-state index contributed by atoms with van der Waals surface area (Å²) < 4.78 is 2.23. The van der Waals surface area contributed by atoms with Crippen molar-refractivity contribution in [3.8, 4) is 0 Å². The molecular weight excluding hydrogens is 364 g/mol. The minimum atomic E-state index is -0.385. The molecule has 0 spiro atoms. The molecule has 4 rings (SSSR count). The average molecular weight is 395 g/mol. The van der Waals surface area contributed by atoms with E-state index in [9.17, 15) is 9.59 Å². The number of piperidine rings is 1. The molecular formula is C23H30N4O2. The van der Waals surface area contributed by atoms with Crippen molar-refractivity contribution in [2.75, 3.05) is 13.1 Å². The van der Waals surface area contributed by atoms with E-state index in [1.807, 2.05) is 48.5 Å². The molecule has 0 N–H and O–H groups in total. The monoisotopic (exact) mass is 394 g/mol. The standard InChI is InChI=1S/C23H30N4O2/c1-4-20(27-15-18-7-5-6-8-19(18)22(27)28)23(29)25-12-9-17(10-13-25)21-24-11-14-26(21)16(2)3/h5-8,11,14,16-17,20H,4,9-10,12-13,15H2,1-3H3/t20-/m1/s1. The maximum Gasteiger partial charge on any atom is 0.255 e. The lowest BCUT2D eigenvalue weighted by molar-refractivity contribution is -0.137. The second-order valence-electron chi connectivity index (χ2n) is 8.40. The van der Waals surface area contributed by atoms with Gasteiger partial charge in [0.05, 0.1) is 0 Å². The molecule has 2 aliphatic heterocycles. The molecule has 1 saturated heterocycles. The summed E-state index contributed by atoms with van der Waals surface area (Å²) in [5.41, 5.74) is 1.75. The number of imidazole rings is 1. The van der Waals surface area contributed by atoms with Gasteiger partial charge in [0.1, 0.15) is 11.9 Å². The highest BCUT2D eigenvalue weighted by atomic mass is 16.2. The van der Waals surface area contributed by atoms with Crippen LogP contribution in [0.4, 0.5) is 0 Å². The van der Waals surface area contributed by atoms with Crippen LogP contribution in [0.2, 0.25) is 0 Å². The minimum absolute atomic E-state index is 0.0188. The highest BCUT2D eigenvalue weighted by Crippen LogP contribution is 2.31. The molecule has 1 aromatic heterocycles. The molecule has 2 amide bonds. The Kier molecular flexibility index (Phi) is 5.43. The van der Waals surface area contributed by atoms with Crippen molar-refractivity contribution >= 4 is 11.8 Å². The van der Waals surface area contributed by atoms with Gasteiger partial charge in [-0.25, -0.2) is 4.98 Å². The lowest BCUT2D eigenvalue weighted by Gasteiger charge is -2.36. The Balaban J connectivity index is 1.42. The van der Waals surface area contributed by atoms with Gasteiger partial charge in [-0.3, -0.25) is 9.59 Å². The predicted octanol–water partition coefficient (Wildman–Crippen LogP) is 3.60. The van der Waals surface area contributed by atoms with E-state index in [2.05, 4.69) is 23.4 Å². The number of amides is 2. The van der Waals surface area contributed by atoms with Gasteiger partial charge in [-0.2, -0.15) is 0 Å². The Labute approximate surface area is 172 Å². The molecule has 0 unspecified atom stereocenters. The molecule has 0 aliphatic carbocycles. The largest absolute Gasteiger partial charge is 0.341 e. The first-order chi connectivity index (χ1) is 14.0. The number of hydrogen-bond acceptors (Lipinski definition) is 3. The Bertz CT molecular complexity index is 896. The maximum atomic E-state index is 13.3. The van der Waals surface area contributed by atoms with E-state index in [0.717, 1.165) is 42.9 Å². The quantitative estimate of drug-likeness (QED) is 0.778. The van der Waals surface area contributed by atoms with Gasteiger partial charge in [-0.05, 0) is 44.7 Å². The zero-order valence-electron chi connectivity index (χ0n) is 17.5. The van der Waals surface area contributed by atoms with Gasteiger partial charge in [0, 0.05) is 49.6 Å². The smallest absolute Gasteiger partial charge is 0.255 e. The van der Waals surface area contributed by atoms with E-state index in [1.165, 1.54) is 0 Å². The molecule has 1 aromatic carbocycles. The second kappa shape index (κ2) is 8.01. The fourth-order valence-corrected chi connectivity index (χ4v) is 4.70. The van der Waals surface area contributed by atoms with E-state index < -0.39 is 0 Å². The zero-order valence-corrected chi connectivity index (χ0v) is 17.5. The van der Waals surface area contributed by atoms with Crippen LogP contribution in [0.1, 0.15) is 73.7 Å². The van der Waals surface area contributed by atoms with Crippen molar-refractivity contribution in [2.24, 2.45) is 0 Å². The Morgan fingerprint density at radius 3 is 2.59 bits per heavy atom. The van der Waals surface area contributed by atoms with E-state index in [4.69, 9.17) is 0 Å². The Morgan fingerprint density at radius 2 is 1.93 bits per heavy atom. The number of likely N-dealkylation sites (tertiary alicyclic amines) is 1. The first-order valence-corrected chi connectivity index (χ1v) is 10.7. The number of aromatic nitrogens is 2. The van der Waals surface area contributed by atoms with Gasteiger partial charge >= 0.3 is 0 Å². The first-order valence-electron chi connectivity index (χ1n) is 10.7. The van der Waals surface area contributed by atoms with Crippen molar-refractivity contribution < 1.29 is 9.59 Å². The van der Waals surface area contributed by atoms with Gasteiger partial charge in [0.25, 0.3) is 5.91 Å². The summed E-state index contributed by atoms with van der Waals surface area (Å²) in [5, 5.41) is 0. The van der Waals surface area contributed by atoms with Crippen LogP contribution in [-0.4, -0.2) is 50.3 Å². The molecule has 2 aromatic rings. The van der Waals surface area contributed by atoms with Crippen LogP contribution < -0.4 is 0 Å². The van der Waals surface area contributed by atoms with Crippen molar-refractivity contribution in [3.63, 3.8) is 0 Å². The van der Waals surface area contributed by atoms with Crippen LogP contribution in [0.15, 0.2) is 36.7 Å². The van der Waals surface area contributed by atoms with Gasteiger partial charge in [-0.15, -0.1) is 0 Å². The third kappa shape index (κ3) is 3.56. The third-order valence-corrected chi connectivity index (χ3v) is 6.32. The van der Waals surface area contributed by atoms with Gasteiger partial charge in [-0.1, -0.05) is 25.1 Å². The summed E-state index contributed by atoms with van der Waals surface area (Å²) in [6, 6.07) is 7.67. The molecule has 6 nitrogen and oxygen atoms in total. The SMILES string of the molecule is CC[C@H](C(=O)N1CCC(c2nccn2C(C)C)CC1)N1Cc2ccccc2C1=O. The number of fused-ring (bicyclic) bond motifs is 1. The third-order valence-electron chi connectivity index (χ3n) is 6.32. The molecule has 1 fully saturated rings. The van der Waals surface area contributed by atoms with E-state index in [-0.39, 0.29) is 17.9 Å². The van der Waals surface area contributed by atoms with Crippen LogP contribution in [0.25, 0.3) is 0 Å². The maximum absolute atomic E-state index is 13.3. The number of rotatable bonds is 5. The number of hydrogen-bond donors (Lipinski definition) is 0. The molecule has 0 radical (unpaired) electrons. The van der Waals surface area contributed by atoms with E-state index in [1.54, 1.807) is 4.90 Å². The Morgan fingerprint density at radius 1 is 1.21 bits per heavy atom. The van der Waals surface area contributed by atoms with Gasteiger partial charge in [0.15, 0.2) is 0 Å². The molecule has 3 heterocycles. The van der Waals surface area contributed by atoms with Crippen molar-refractivity contribution in [1.82, 2.24) is 19.4 Å². The van der Waals surface area contributed by atoms with Crippen LogP contribution in [0.5, 0.6) is 0 Å². The highest BCUT2D eigenvalue weighted by Gasteiger charge is 2.38. The van der Waals surface area contributed by atoms with Gasteiger partial charge in [0.2, 0.25) is 5.91 Å². The topological polar surface area (TPSA) is 58.4 Å². The second-order valence-corrected chi connectivity index (χ2v) is 8.40.